The molecule has 0 rings (SSSR count). The molecular weight excluding hydrogens is 454 g/mol. The molecule has 0 saturated carbocycles. The molecule has 0 aromatic rings. The summed E-state index contributed by atoms with van der Waals surface area (Å²) < 4.78 is 52.3. The van der Waals surface area contributed by atoms with Gasteiger partial charge in [-0.3, -0.25) is 4.79 Å². The highest BCUT2D eigenvalue weighted by molar-refractivity contribution is 7.40. The molecule has 0 heterocycles. The van der Waals surface area contributed by atoms with Gasteiger partial charge in [-0.1, -0.05) is 32.1 Å². The van der Waals surface area contributed by atoms with Crippen LogP contribution in [0, 0.1) is 0 Å². The van der Waals surface area contributed by atoms with Gasteiger partial charge in [0.1, 0.15) is 12.6 Å². The van der Waals surface area contributed by atoms with Crippen LogP contribution in [0.4, 0.5) is 13.2 Å². The summed E-state index contributed by atoms with van der Waals surface area (Å²) in [6, 6.07) is 0. The lowest BCUT2D eigenvalue weighted by Gasteiger charge is -2.29. The van der Waals surface area contributed by atoms with Gasteiger partial charge in [-0.25, -0.2) is 0 Å². The molecule has 194 valence electrons. The first-order valence-electron chi connectivity index (χ1n) is 10.8. The van der Waals surface area contributed by atoms with Crippen molar-refractivity contribution in [2.45, 2.75) is 76.5 Å². The van der Waals surface area contributed by atoms with Gasteiger partial charge in [0.05, 0.1) is 34.2 Å². The van der Waals surface area contributed by atoms with Crippen LogP contribution in [0.5, 0.6) is 0 Å². The van der Waals surface area contributed by atoms with Gasteiger partial charge in [0.15, 0.2) is 0 Å². The molecule has 0 bridgehead atoms. The van der Waals surface area contributed by atoms with Crippen molar-refractivity contribution < 1.29 is 51.7 Å². The fraction of sp³-hybridized carbons (Fsp3) is 0.950. The molecular formula is C20H41F3NO7P. The number of likely N-dealkylation sites (N-methyl/N-ethyl adjacent to an activating group) is 1. The standard InChI is InChI=1S/C20H39F3NO6P.H2O/c1-24(2,3)17-18(16-19(25)26)30-31(27)29-15-10-8-6-4-5-7-9-13-28-14-11-12-20(21,22)23;/h18,27H,4-17H2,1-3H3;1H2/t18-,31?;/m1./s1. The van der Waals surface area contributed by atoms with Crippen molar-refractivity contribution >= 4 is 14.6 Å². The molecule has 0 aliphatic heterocycles. The Morgan fingerprint density at radius 3 is 1.94 bits per heavy atom. The molecule has 0 fully saturated rings. The average molecular weight is 496 g/mol. The minimum absolute atomic E-state index is 0. The number of hydrogen-bond acceptors (Lipinski definition) is 6. The number of halogens is 3. The maximum atomic E-state index is 12.0. The van der Waals surface area contributed by atoms with Crippen LogP contribution in [-0.4, -0.2) is 85.7 Å². The van der Waals surface area contributed by atoms with Crippen LogP contribution in [0.25, 0.3) is 0 Å². The third-order valence-corrected chi connectivity index (χ3v) is 5.16. The van der Waals surface area contributed by atoms with Crippen LogP contribution in [0.2, 0.25) is 0 Å². The first kappa shape index (κ1) is 33.6. The molecule has 0 radical (unpaired) electrons. The van der Waals surface area contributed by atoms with E-state index in [4.69, 9.17) is 18.9 Å². The summed E-state index contributed by atoms with van der Waals surface area (Å²) in [5, 5.41) is 8.97. The summed E-state index contributed by atoms with van der Waals surface area (Å²) in [6.45, 7) is 1.47. The zero-order valence-corrected chi connectivity index (χ0v) is 20.4. The summed E-state index contributed by atoms with van der Waals surface area (Å²) in [5.41, 5.74) is 0. The lowest BCUT2D eigenvalue weighted by molar-refractivity contribution is -0.873. The number of hydrogen-bond donors (Lipinski definition) is 2. The number of alkyl halides is 3. The van der Waals surface area contributed by atoms with Crippen molar-refractivity contribution in [3.05, 3.63) is 0 Å². The predicted molar refractivity (Wildman–Crippen MR) is 115 cm³/mol. The second kappa shape index (κ2) is 18.8. The Bertz CT molecular complexity index is 465. The van der Waals surface area contributed by atoms with Gasteiger partial charge in [0.25, 0.3) is 0 Å². The number of nitrogens with zero attached hydrogens (tertiary/aromatic N) is 1. The molecule has 1 unspecified atom stereocenters. The summed E-state index contributed by atoms with van der Waals surface area (Å²) in [5.74, 6) is -0.977. The fourth-order valence-electron chi connectivity index (χ4n) is 2.91. The molecule has 0 aliphatic rings. The molecule has 0 aromatic carbocycles. The van der Waals surface area contributed by atoms with E-state index >= 15 is 0 Å². The van der Waals surface area contributed by atoms with Gasteiger partial charge in [-0.15, -0.1) is 0 Å². The number of unbranched alkanes of at least 4 members (excludes halogenated alkanes) is 6. The fourth-order valence-corrected chi connectivity index (χ4v) is 3.65. The van der Waals surface area contributed by atoms with E-state index in [0.29, 0.717) is 24.2 Å². The first-order chi connectivity index (χ1) is 14.4. The number of carboxylic acid groups (broad SMARTS) is 1. The van der Waals surface area contributed by atoms with Crippen molar-refractivity contribution in [1.82, 2.24) is 0 Å². The van der Waals surface area contributed by atoms with Gasteiger partial charge < -0.3 is 33.7 Å². The van der Waals surface area contributed by atoms with Crippen LogP contribution in [-0.2, 0) is 18.6 Å². The quantitative estimate of drug-likeness (QED) is 0.143. The molecule has 2 atom stereocenters. The van der Waals surface area contributed by atoms with Crippen molar-refractivity contribution in [3.8, 4) is 0 Å². The van der Waals surface area contributed by atoms with Crippen LogP contribution in [0.1, 0.15) is 64.2 Å². The van der Waals surface area contributed by atoms with E-state index in [-0.39, 0.29) is 24.9 Å². The lowest BCUT2D eigenvalue weighted by Crippen LogP contribution is -2.42. The Morgan fingerprint density at radius 2 is 1.44 bits per heavy atom. The highest BCUT2D eigenvalue weighted by Crippen LogP contribution is 2.36. The summed E-state index contributed by atoms with van der Waals surface area (Å²) in [6.07, 6.45) is 1.04. The van der Waals surface area contributed by atoms with E-state index in [9.17, 15) is 22.9 Å². The zero-order valence-electron chi connectivity index (χ0n) is 19.5. The van der Waals surface area contributed by atoms with E-state index in [1.165, 1.54) is 0 Å². The molecule has 0 saturated heterocycles. The Morgan fingerprint density at radius 1 is 0.938 bits per heavy atom. The molecule has 12 heteroatoms. The predicted octanol–water partition coefficient (Wildman–Crippen LogP) is 4.70. The monoisotopic (exact) mass is 495 g/mol. The molecule has 32 heavy (non-hydrogen) atoms. The number of aliphatic carboxylic acids is 1. The Kier molecular flexibility index (Phi) is 19.8. The van der Waals surface area contributed by atoms with Gasteiger partial charge in [-0.05, 0) is 19.3 Å². The highest BCUT2D eigenvalue weighted by Gasteiger charge is 2.26. The number of carbonyl (C=O) groups is 1. The molecule has 0 aromatic heterocycles. The Hall–Kier alpha value is -0.550. The third-order valence-electron chi connectivity index (χ3n) is 4.28. The molecule has 0 amide bonds. The lowest BCUT2D eigenvalue weighted by atomic mass is 10.1. The maximum absolute atomic E-state index is 12.0. The summed E-state index contributed by atoms with van der Waals surface area (Å²) in [4.78, 5) is 20.8. The molecule has 3 N–H and O–H groups in total. The van der Waals surface area contributed by atoms with E-state index < -0.39 is 33.3 Å². The Balaban J connectivity index is 0. The smallest absolute Gasteiger partial charge is 0.389 e. The minimum atomic E-state index is -4.10. The summed E-state index contributed by atoms with van der Waals surface area (Å²) >= 11 is 0. The SMILES string of the molecule is C[N+](C)(C)C[C@@H](CC(=O)O)OP(O)OCCCCCCCCCOCCCC(F)(F)F.[OH-]. The van der Waals surface area contributed by atoms with Gasteiger partial charge >= 0.3 is 20.7 Å². The van der Waals surface area contributed by atoms with Gasteiger partial charge in [0.2, 0.25) is 0 Å². The van der Waals surface area contributed by atoms with Gasteiger partial charge in [0, 0.05) is 19.6 Å². The third kappa shape index (κ3) is 25.7. The average Bonchev–Trinajstić information content (AvgIpc) is 2.59. The van der Waals surface area contributed by atoms with Crippen molar-refractivity contribution in [2.24, 2.45) is 0 Å². The largest absolute Gasteiger partial charge is 0.870 e. The second-order valence-electron chi connectivity index (χ2n) is 8.68. The van der Waals surface area contributed by atoms with E-state index in [1.54, 1.807) is 0 Å². The number of quaternary nitrogens is 1. The molecule has 8 nitrogen and oxygen atoms in total. The van der Waals surface area contributed by atoms with E-state index in [2.05, 4.69) is 0 Å². The topological polar surface area (TPSA) is 115 Å². The highest BCUT2D eigenvalue weighted by atomic mass is 31.2. The normalized spacial score (nSPS) is 14.1. The summed E-state index contributed by atoms with van der Waals surface area (Å²) in [7, 11) is 3.66. The second-order valence-corrected chi connectivity index (χ2v) is 9.62. The van der Waals surface area contributed by atoms with Crippen molar-refractivity contribution in [1.29, 1.82) is 0 Å². The zero-order chi connectivity index (χ0) is 23.8. The number of carboxylic acids is 1. The molecule has 0 spiro atoms. The van der Waals surface area contributed by atoms with E-state index in [0.717, 1.165) is 44.9 Å². The molecule has 0 aliphatic carbocycles. The first-order valence-corrected chi connectivity index (χ1v) is 12.0. The van der Waals surface area contributed by atoms with Crippen LogP contribution < -0.4 is 0 Å². The van der Waals surface area contributed by atoms with Crippen molar-refractivity contribution in [2.75, 3.05) is 47.5 Å². The van der Waals surface area contributed by atoms with E-state index in [1.807, 2.05) is 21.1 Å². The number of rotatable bonds is 20. The van der Waals surface area contributed by atoms with Crippen LogP contribution in [0.3, 0.4) is 0 Å². The van der Waals surface area contributed by atoms with Crippen molar-refractivity contribution in [3.63, 3.8) is 0 Å². The van der Waals surface area contributed by atoms with Gasteiger partial charge in [-0.2, -0.15) is 13.2 Å². The Labute approximate surface area is 190 Å². The number of ether oxygens (including phenoxy) is 1. The maximum Gasteiger partial charge on any atom is 0.389 e. The van der Waals surface area contributed by atoms with Crippen LogP contribution >= 0.6 is 8.60 Å². The minimum Gasteiger partial charge on any atom is -0.870 e. The van der Waals surface area contributed by atoms with Crippen LogP contribution in [0.15, 0.2) is 0 Å².